The molecule has 1 aliphatic rings. The summed E-state index contributed by atoms with van der Waals surface area (Å²) >= 11 is 0. The van der Waals surface area contributed by atoms with Gasteiger partial charge in [-0.05, 0) is 40.0 Å². The summed E-state index contributed by atoms with van der Waals surface area (Å²) < 4.78 is 5.00. The van der Waals surface area contributed by atoms with Crippen molar-refractivity contribution in [3.8, 4) is 0 Å². The summed E-state index contributed by atoms with van der Waals surface area (Å²) in [5.74, 6) is 0. The summed E-state index contributed by atoms with van der Waals surface area (Å²) in [6, 6.07) is 0. The van der Waals surface area contributed by atoms with Crippen LogP contribution in [-0.2, 0) is 4.74 Å². The summed E-state index contributed by atoms with van der Waals surface area (Å²) in [6.45, 7) is 7.35. The second kappa shape index (κ2) is 3.99. The lowest BCUT2D eigenvalue weighted by atomic mass is 9.91. The van der Waals surface area contributed by atoms with E-state index < -0.39 is 0 Å². The average Bonchev–Trinajstić information content (AvgIpc) is 2.03. The van der Waals surface area contributed by atoms with E-state index in [4.69, 9.17) is 4.74 Å². The second-order valence-corrected chi connectivity index (χ2v) is 4.12. The molecule has 3 heteroatoms. The van der Waals surface area contributed by atoms with E-state index in [1.54, 1.807) is 0 Å². The molecule has 13 heavy (non-hydrogen) atoms. The van der Waals surface area contributed by atoms with Crippen LogP contribution in [0.15, 0.2) is 0 Å². The van der Waals surface area contributed by atoms with Gasteiger partial charge in [0.15, 0.2) is 0 Å². The summed E-state index contributed by atoms with van der Waals surface area (Å²) in [5.41, 5.74) is -0.0233. The van der Waals surface area contributed by atoms with Crippen LogP contribution in [0.3, 0.4) is 0 Å². The monoisotopic (exact) mass is 185 g/mol. The van der Waals surface area contributed by atoms with Gasteiger partial charge in [-0.25, -0.2) is 4.79 Å². The lowest BCUT2D eigenvalue weighted by molar-refractivity contribution is 0.0461. The first-order valence-corrected chi connectivity index (χ1v) is 5.02. The maximum Gasteiger partial charge on any atom is 0.410 e. The molecule has 0 aromatic carbocycles. The van der Waals surface area contributed by atoms with Gasteiger partial charge in [-0.1, -0.05) is 0 Å². The Balaban J connectivity index is 2.59. The smallest absolute Gasteiger partial charge is 0.410 e. The summed E-state index contributed by atoms with van der Waals surface area (Å²) in [7, 11) is 0. The molecule has 0 aromatic rings. The quantitative estimate of drug-likeness (QED) is 0.627. The van der Waals surface area contributed by atoms with Gasteiger partial charge in [0, 0.05) is 12.1 Å². The van der Waals surface area contributed by atoms with Crippen molar-refractivity contribution in [3.63, 3.8) is 0 Å². The fraction of sp³-hybridized carbons (Fsp3) is 0.900. The summed E-state index contributed by atoms with van der Waals surface area (Å²) in [4.78, 5) is 13.4. The van der Waals surface area contributed by atoms with Crippen LogP contribution in [-0.4, -0.2) is 29.7 Å². The number of carbonyl (C=O) groups is 1. The van der Waals surface area contributed by atoms with E-state index in [-0.39, 0.29) is 11.6 Å². The van der Waals surface area contributed by atoms with Gasteiger partial charge in [-0.15, -0.1) is 0 Å². The molecule has 76 valence electrons. The molecular formula is C10H19NO2. The fourth-order valence-electron chi connectivity index (χ4n) is 1.80. The molecular weight excluding hydrogens is 166 g/mol. The minimum atomic E-state index is -0.160. The first-order valence-electron chi connectivity index (χ1n) is 5.02. The minimum absolute atomic E-state index is 0.0233. The zero-order valence-corrected chi connectivity index (χ0v) is 8.80. The third kappa shape index (κ3) is 2.36. The molecule has 1 saturated heterocycles. The molecule has 3 nitrogen and oxygen atoms in total. The van der Waals surface area contributed by atoms with E-state index in [1.165, 1.54) is 6.42 Å². The molecule has 0 aromatic heterocycles. The molecule has 0 aliphatic carbocycles. The minimum Gasteiger partial charge on any atom is -0.450 e. The van der Waals surface area contributed by atoms with Gasteiger partial charge in [-0.2, -0.15) is 0 Å². The van der Waals surface area contributed by atoms with Crippen LogP contribution in [0, 0.1) is 0 Å². The van der Waals surface area contributed by atoms with Gasteiger partial charge in [-0.3, -0.25) is 0 Å². The number of likely N-dealkylation sites (tertiary alicyclic amines) is 1. The van der Waals surface area contributed by atoms with E-state index in [9.17, 15) is 4.79 Å². The lowest BCUT2D eigenvalue weighted by Crippen LogP contribution is -2.50. The highest BCUT2D eigenvalue weighted by Crippen LogP contribution is 2.27. The molecule has 0 unspecified atom stereocenters. The molecule has 0 spiro atoms. The van der Waals surface area contributed by atoms with Gasteiger partial charge in [0.2, 0.25) is 0 Å². The Morgan fingerprint density at radius 1 is 1.46 bits per heavy atom. The maximum atomic E-state index is 11.5. The SMILES string of the molecule is CCOC(=O)N1CCCCC1(C)C. The zero-order valence-electron chi connectivity index (χ0n) is 8.80. The Labute approximate surface area is 80.1 Å². The van der Waals surface area contributed by atoms with Crippen molar-refractivity contribution >= 4 is 6.09 Å². The van der Waals surface area contributed by atoms with Crippen molar-refractivity contribution < 1.29 is 9.53 Å². The van der Waals surface area contributed by atoms with Crippen molar-refractivity contribution in [2.75, 3.05) is 13.2 Å². The first-order chi connectivity index (χ1) is 6.08. The Morgan fingerprint density at radius 2 is 2.15 bits per heavy atom. The summed E-state index contributed by atoms with van der Waals surface area (Å²) in [5, 5.41) is 0. The van der Waals surface area contributed by atoms with E-state index in [0.29, 0.717) is 6.61 Å². The number of piperidine rings is 1. The van der Waals surface area contributed by atoms with Crippen molar-refractivity contribution in [3.05, 3.63) is 0 Å². The molecule has 1 rings (SSSR count). The van der Waals surface area contributed by atoms with Gasteiger partial charge < -0.3 is 9.64 Å². The highest BCUT2D eigenvalue weighted by atomic mass is 16.6. The Kier molecular flexibility index (Phi) is 3.17. The number of nitrogens with zero attached hydrogens (tertiary/aromatic N) is 1. The molecule has 0 saturated carbocycles. The highest BCUT2D eigenvalue weighted by molar-refractivity contribution is 5.68. The first kappa shape index (κ1) is 10.4. The van der Waals surface area contributed by atoms with E-state index in [1.807, 2.05) is 11.8 Å². The number of ether oxygens (including phenoxy) is 1. The second-order valence-electron chi connectivity index (χ2n) is 4.12. The largest absolute Gasteiger partial charge is 0.450 e. The average molecular weight is 185 g/mol. The Hall–Kier alpha value is -0.730. The molecule has 0 bridgehead atoms. The number of hydrogen-bond donors (Lipinski definition) is 0. The predicted octanol–water partition coefficient (Wildman–Crippen LogP) is 2.41. The molecule has 1 aliphatic heterocycles. The standard InChI is InChI=1S/C10H19NO2/c1-4-13-9(12)11-8-6-5-7-10(11,2)3/h4-8H2,1-3H3. The number of rotatable bonds is 1. The molecule has 0 N–H and O–H groups in total. The zero-order chi connectivity index (χ0) is 9.90. The van der Waals surface area contributed by atoms with Crippen LogP contribution in [0.25, 0.3) is 0 Å². The van der Waals surface area contributed by atoms with Gasteiger partial charge in [0.1, 0.15) is 0 Å². The van der Waals surface area contributed by atoms with Crippen LogP contribution in [0.5, 0.6) is 0 Å². The van der Waals surface area contributed by atoms with Crippen molar-refractivity contribution in [1.29, 1.82) is 0 Å². The van der Waals surface area contributed by atoms with Crippen LogP contribution in [0.2, 0.25) is 0 Å². The van der Waals surface area contributed by atoms with Crippen molar-refractivity contribution in [1.82, 2.24) is 4.90 Å². The van der Waals surface area contributed by atoms with Gasteiger partial charge in [0.05, 0.1) is 6.61 Å². The Morgan fingerprint density at radius 3 is 2.69 bits per heavy atom. The number of amides is 1. The fourth-order valence-corrected chi connectivity index (χ4v) is 1.80. The third-order valence-corrected chi connectivity index (χ3v) is 2.64. The maximum absolute atomic E-state index is 11.5. The normalized spacial score (nSPS) is 21.3. The van der Waals surface area contributed by atoms with Crippen LogP contribution >= 0.6 is 0 Å². The van der Waals surface area contributed by atoms with E-state index in [0.717, 1.165) is 19.4 Å². The van der Waals surface area contributed by atoms with Crippen LogP contribution in [0.1, 0.15) is 40.0 Å². The topological polar surface area (TPSA) is 29.5 Å². The molecule has 1 heterocycles. The number of carbonyl (C=O) groups excluding carboxylic acids is 1. The van der Waals surface area contributed by atoms with E-state index >= 15 is 0 Å². The van der Waals surface area contributed by atoms with E-state index in [2.05, 4.69) is 13.8 Å². The lowest BCUT2D eigenvalue weighted by Gasteiger charge is -2.41. The molecule has 1 amide bonds. The van der Waals surface area contributed by atoms with Crippen molar-refractivity contribution in [2.24, 2.45) is 0 Å². The van der Waals surface area contributed by atoms with Gasteiger partial charge >= 0.3 is 6.09 Å². The van der Waals surface area contributed by atoms with Crippen LogP contribution < -0.4 is 0 Å². The van der Waals surface area contributed by atoms with Gasteiger partial charge in [0.25, 0.3) is 0 Å². The number of hydrogen-bond acceptors (Lipinski definition) is 2. The predicted molar refractivity (Wildman–Crippen MR) is 51.7 cm³/mol. The third-order valence-electron chi connectivity index (χ3n) is 2.64. The highest BCUT2D eigenvalue weighted by Gasteiger charge is 2.33. The molecule has 1 fully saturated rings. The van der Waals surface area contributed by atoms with Crippen LogP contribution in [0.4, 0.5) is 4.79 Å². The Bertz CT molecular complexity index is 189. The summed E-state index contributed by atoms with van der Waals surface area (Å²) in [6.07, 6.45) is 3.23. The molecule has 0 radical (unpaired) electrons. The molecule has 0 atom stereocenters. The van der Waals surface area contributed by atoms with Crippen molar-refractivity contribution in [2.45, 2.75) is 45.6 Å².